The molecule has 2 aliphatic carbocycles. The van der Waals surface area contributed by atoms with Crippen LogP contribution >= 0.6 is 0 Å². The van der Waals surface area contributed by atoms with E-state index in [1.165, 1.54) is 12.8 Å². The highest BCUT2D eigenvalue weighted by Crippen LogP contribution is 2.43. The maximum atomic E-state index is 12.1. The second-order valence-electron chi connectivity index (χ2n) is 5.67. The number of fused-ring (bicyclic) bond motifs is 1. The molecule has 2 aromatic rings. The molecule has 0 radical (unpaired) electrons. The van der Waals surface area contributed by atoms with Gasteiger partial charge in [0.15, 0.2) is 5.65 Å². The molecule has 0 atom stereocenters. The Bertz CT molecular complexity index is 684. The lowest BCUT2D eigenvalue weighted by molar-refractivity contribution is 0.0523. The Morgan fingerprint density at radius 1 is 1.35 bits per heavy atom. The molecule has 2 aromatic heterocycles. The molecule has 0 aliphatic heterocycles. The van der Waals surface area contributed by atoms with Crippen LogP contribution in [0.15, 0.2) is 12.3 Å². The van der Waals surface area contributed by atoms with Crippen molar-refractivity contribution < 1.29 is 9.53 Å². The first-order chi connectivity index (χ1) is 9.78. The highest BCUT2D eigenvalue weighted by molar-refractivity contribution is 5.91. The molecule has 2 saturated carbocycles. The molecule has 2 heterocycles. The van der Waals surface area contributed by atoms with E-state index in [-0.39, 0.29) is 5.97 Å². The van der Waals surface area contributed by atoms with Gasteiger partial charge < -0.3 is 4.74 Å². The van der Waals surface area contributed by atoms with E-state index in [0.29, 0.717) is 24.0 Å². The van der Waals surface area contributed by atoms with Crippen LogP contribution in [0.25, 0.3) is 5.65 Å². The van der Waals surface area contributed by atoms with Crippen molar-refractivity contribution in [1.29, 1.82) is 0 Å². The van der Waals surface area contributed by atoms with Crippen molar-refractivity contribution in [2.45, 2.75) is 44.4 Å². The minimum atomic E-state index is -0.285. The van der Waals surface area contributed by atoms with Gasteiger partial charge in [0.25, 0.3) is 0 Å². The van der Waals surface area contributed by atoms with Crippen LogP contribution in [0.1, 0.15) is 66.2 Å². The highest BCUT2D eigenvalue weighted by Gasteiger charge is 2.33. The van der Waals surface area contributed by atoms with E-state index >= 15 is 0 Å². The van der Waals surface area contributed by atoms with E-state index < -0.39 is 0 Å². The maximum absolute atomic E-state index is 12.1. The molecular formula is C15H17N3O2. The quantitative estimate of drug-likeness (QED) is 0.802. The minimum absolute atomic E-state index is 0.285. The van der Waals surface area contributed by atoms with Crippen LogP contribution in [-0.4, -0.2) is 27.2 Å². The van der Waals surface area contributed by atoms with Gasteiger partial charge in [-0.1, -0.05) is 0 Å². The number of carbonyl (C=O) groups is 1. The fraction of sp³-hybridized carbons (Fsp3) is 0.533. The predicted octanol–water partition coefficient (Wildman–Crippen LogP) is 2.66. The van der Waals surface area contributed by atoms with Crippen molar-refractivity contribution in [2.24, 2.45) is 0 Å². The zero-order valence-corrected chi connectivity index (χ0v) is 11.5. The number of esters is 1. The van der Waals surface area contributed by atoms with E-state index in [2.05, 4.69) is 16.1 Å². The van der Waals surface area contributed by atoms with Gasteiger partial charge in [-0.2, -0.15) is 5.10 Å². The molecule has 0 amide bonds. The number of ether oxygens (including phenoxy) is 1. The van der Waals surface area contributed by atoms with Crippen molar-refractivity contribution in [3.63, 3.8) is 0 Å². The van der Waals surface area contributed by atoms with Crippen molar-refractivity contribution in [3.05, 3.63) is 29.2 Å². The van der Waals surface area contributed by atoms with Crippen molar-refractivity contribution in [1.82, 2.24) is 14.6 Å². The Kier molecular flexibility index (Phi) is 2.55. The third-order valence-electron chi connectivity index (χ3n) is 3.99. The van der Waals surface area contributed by atoms with Gasteiger partial charge in [-0.05, 0) is 32.6 Å². The van der Waals surface area contributed by atoms with Gasteiger partial charge >= 0.3 is 5.97 Å². The van der Waals surface area contributed by atoms with Gasteiger partial charge in [-0.15, -0.1) is 0 Å². The molecular weight excluding hydrogens is 254 g/mol. The van der Waals surface area contributed by atoms with Gasteiger partial charge in [0.2, 0.25) is 0 Å². The molecule has 0 spiro atoms. The molecule has 0 aromatic carbocycles. The molecule has 0 saturated heterocycles. The SMILES string of the molecule is CCOC(=O)c1cnc2cc(C3CC3)nn2c1C1CC1. The van der Waals surface area contributed by atoms with Crippen molar-refractivity contribution in [2.75, 3.05) is 6.61 Å². The molecule has 0 bridgehead atoms. The van der Waals surface area contributed by atoms with E-state index in [4.69, 9.17) is 4.74 Å². The average molecular weight is 271 g/mol. The van der Waals surface area contributed by atoms with Gasteiger partial charge in [0, 0.05) is 24.1 Å². The summed E-state index contributed by atoms with van der Waals surface area (Å²) < 4.78 is 7.01. The zero-order valence-electron chi connectivity index (χ0n) is 11.5. The van der Waals surface area contributed by atoms with Gasteiger partial charge in [0.1, 0.15) is 0 Å². The lowest BCUT2D eigenvalue weighted by Crippen LogP contribution is -2.13. The molecule has 104 valence electrons. The van der Waals surface area contributed by atoms with Crippen molar-refractivity contribution >= 4 is 11.6 Å². The summed E-state index contributed by atoms with van der Waals surface area (Å²) in [6.07, 6.45) is 6.31. The van der Waals surface area contributed by atoms with E-state index in [9.17, 15) is 4.79 Å². The van der Waals surface area contributed by atoms with Crippen molar-refractivity contribution in [3.8, 4) is 0 Å². The summed E-state index contributed by atoms with van der Waals surface area (Å²) in [6, 6.07) is 2.05. The summed E-state index contributed by atoms with van der Waals surface area (Å²) in [6.45, 7) is 2.20. The second kappa shape index (κ2) is 4.30. The first-order valence-corrected chi connectivity index (χ1v) is 7.33. The zero-order chi connectivity index (χ0) is 13.7. The van der Waals surface area contributed by atoms with Gasteiger partial charge in [0.05, 0.1) is 23.6 Å². The first-order valence-electron chi connectivity index (χ1n) is 7.33. The molecule has 0 N–H and O–H groups in total. The summed E-state index contributed by atoms with van der Waals surface area (Å²) in [4.78, 5) is 16.5. The monoisotopic (exact) mass is 271 g/mol. The standard InChI is InChI=1S/C15H17N3O2/c1-2-20-15(19)11-8-16-13-7-12(9-3-4-9)17-18(13)14(11)10-5-6-10/h7-10H,2-6H2,1H3. The Hall–Kier alpha value is -1.91. The number of aromatic nitrogens is 3. The summed E-state index contributed by atoms with van der Waals surface area (Å²) in [5.74, 6) is 0.730. The Labute approximate surface area is 117 Å². The highest BCUT2D eigenvalue weighted by atomic mass is 16.5. The molecule has 20 heavy (non-hydrogen) atoms. The van der Waals surface area contributed by atoms with Crippen LogP contribution in [0.5, 0.6) is 0 Å². The fourth-order valence-electron chi connectivity index (χ4n) is 2.66. The van der Waals surface area contributed by atoms with Crippen LogP contribution in [0.3, 0.4) is 0 Å². The number of carbonyl (C=O) groups excluding carboxylic acids is 1. The topological polar surface area (TPSA) is 56.5 Å². The van der Waals surface area contributed by atoms with E-state index in [1.807, 2.05) is 11.4 Å². The maximum Gasteiger partial charge on any atom is 0.341 e. The molecule has 5 nitrogen and oxygen atoms in total. The number of nitrogens with zero attached hydrogens (tertiary/aromatic N) is 3. The normalized spacial score (nSPS) is 18.4. The molecule has 5 heteroatoms. The van der Waals surface area contributed by atoms with Crippen LogP contribution in [0.2, 0.25) is 0 Å². The number of hydrogen-bond donors (Lipinski definition) is 0. The molecule has 4 rings (SSSR count). The Morgan fingerprint density at radius 3 is 2.75 bits per heavy atom. The first kappa shape index (κ1) is 11.9. The van der Waals surface area contributed by atoms with Crippen LogP contribution in [0, 0.1) is 0 Å². The molecule has 2 aliphatic rings. The third kappa shape index (κ3) is 1.88. The van der Waals surface area contributed by atoms with Gasteiger partial charge in [-0.25, -0.2) is 14.3 Å². The smallest absolute Gasteiger partial charge is 0.341 e. The largest absolute Gasteiger partial charge is 0.462 e. The second-order valence-corrected chi connectivity index (χ2v) is 5.67. The Balaban J connectivity index is 1.86. The summed E-state index contributed by atoms with van der Waals surface area (Å²) in [7, 11) is 0. The third-order valence-corrected chi connectivity index (χ3v) is 3.99. The minimum Gasteiger partial charge on any atom is -0.462 e. The fourth-order valence-corrected chi connectivity index (χ4v) is 2.66. The van der Waals surface area contributed by atoms with E-state index in [1.54, 1.807) is 6.20 Å². The van der Waals surface area contributed by atoms with Crippen LogP contribution in [0.4, 0.5) is 0 Å². The van der Waals surface area contributed by atoms with Gasteiger partial charge in [-0.3, -0.25) is 0 Å². The summed E-state index contributed by atoms with van der Waals surface area (Å²) in [5.41, 5.74) is 3.52. The molecule has 0 unspecified atom stereocenters. The summed E-state index contributed by atoms with van der Waals surface area (Å²) >= 11 is 0. The number of rotatable bonds is 4. The predicted molar refractivity (Wildman–Crippen MR) is 72.9 cm³/mol. The Morgan fingerprint density at radius 2 is 2.10 bits per heavy atom. The lowest BCUT2D eigenvalue weighted by Gasteiger charge is -2.09. The number of hydrogen-bond acceptors (Lipinski definition) is 4. The lowest BCUT2D eigenvalue weighted by atomic mass is 10.1. The summed E-state index contributed by atoms with van der Waals surface area (Å²) in [5, 5.41) is 4.69. The van der Waals surface area contributed by atoms with Crippen LogP contribution < -0.4 is 0 Å². The molecule has 2 fully saturated rings. The average Bonchev–Trinajstić information content (AvgIpc) is 3.34. The van der Waals surface area contributed by atoms with E-state index in [0.717, 1.165) is 29.9 Å². The van der Waals surface area contributed by atoms with Crippen LogP contribution in [-0.2, 0) is 4.74 Å².